The fourth-order valence-corrected chi connectivity index (χ4v) is 5.79. The van der Waals surface area contributed by atoms with Gasteiger partial charge in [0, 0.05) is 11.1 Å². The van der Waals surface area contributed by atoms with Gasteiger partial charge in [-0.1, -0.05) is 72.8 Å². The molecule has 0 fully saturated rings. The van der Waals surface area contributed by atoms with Crippen molar-refractivity contribution in [2.24, 2.45) is 14.1 Å². The van der Waals surface area contributed by atoms with Gasteiger partial charge in [0.15, 0.2) is 22.4 Å². The Hall–Kier alpha value is -3.57. The van der Waals surface area contributed by atoms with Crippen LogP contribution in [0, 0.1) is 20.5 Å². The Morgan fingerprint density at radius 1 is 0.488 bits per heavy atom. The van der Waals surface area contributed by atoms with Crippen LogP contribution in [-0.4, -0.2) is 8.80 Å². The maximum absolute atomic E-state index is 8.49. The van der Waals surface area contributed by atoms with E-state index in [-0.39, 0.29) is 0 Å². The molecule has 15 heteroatoms. The van der Waals surface area contributed by atoms with E-state index < -0.39 is 20.5 Å². The van der Waals surface area contributed by atoms with Crippen LogP contribution < -0.4 is 46.4 Å². The largest absolute Gasteiger partial charge is 0.335 e. The Morgan fingerprint density at radius 2 is 0.791 bits per heavy atom. The molecule has 0 bridgehead atoms. The first-order chi connectivity index (χ1) is 20.2. The molecule has 0 amide bonds. The molecule has 12 nitrogen and oxygen atoms in total. The fourth-order valence-electron chi connectivity index (χ4n) is 4.66. The van der Waals surface area contributed by atoms with Crippen molar-refractivity contribution in [2.75, 3.05) is 0 Å². The Labute approximate surface area is 254 Å². The van der Waals surface area contributed by atoms with E-state index in [1.165, 1.54) is 33.5 Å². The number of fused-ring (bicyclic) bond motifs is 2. The predicted molar refractivity (Wildman–Crippen MR) is 132 cm³/mol. The summed E-state index contributed by atoms with van der Waals surface area (Å²) in [4.78, 5) is 0. The molecule has 0 unspecified atom stereocenters. The van der Waals surface area contributed by atoms with Gasteiger partial charge in [0.05, 0.1) is 38.3 Å². The van der Waals surface area contributed by atoms with Crippen LogP contribution >= 0.6 is 11.8 Å². The second-order valence-electron chi connectivity index (χ2n) is 8.88. The van der Waals surface area contributed by atoms with E-state index in [0.29, 0.717) is 0 Å². The molecule has 0 aliphatic carbocycles. The number of hydrogen-bond acceptors (Lipinski definition) is 9. The molecule has 6 aromatic rings. The highest BCUT2D eigenvalue weighted by molar-refractivity contribution is 7.98. The Bertz CT molecular complexity index is 1680. The van der Waals surface area contributed by atoms with Crippen LogP contribution in [-0.2, 0) is 14.1 Å². The van der Waals surface area contributed by atoms with Gasteiger partial charge in [0.2, 0.25) is 0 Å². The molecule has 224 valence electrons. The number of pyridine rings is 2. The van der Waals surface area contributed by atoms with Gasteiger partial charge in [0.1, 0.15) is 0 Å². The monoisotopic (exact) mass is 646 g/mol. The van der Waals surface area contributed by atoms with E-state index in [4.69, 9.17) is 37.3 Å². The van der Waals surface area contributed by atoms with Crippen LogP contribution in [0.4, 0.5) is 0 Å². The highest BCUT2D eigenvalue weighted by atomic mass is 35.7. The van der Waals surface area contributed by atoms with E-state index in [2.05, 4.69) is 141 Å². The minimum absolute atomic E-state index is 1.16. The summed E-state index contributed by atoms with van der Waals surface area (Å²) in [7, 11) is -5.57. The summed E-state index contributed by atoms with van der Waals surface area (Å²) in [6.07, 6.45) is 4.30. The lowest BCUT2D eigenvalue weighted by Gasteiger charge is -2.17. The summed E-state index contributed by atoms with van der Waals surface area (Å²) < 4.78 is 77.1. The van der Waals surface area contributed by atoms with Crippen molar-refractivity contribution in [2.45, 2.75) is 10.3 Å². The second kappa shape index (κ2) is 13.4. The SMILES string of the molecule is C[n+]1c(-c2ccccc2)c2ccccn2c1Sc1n2ccccc2c(-c2ccccc2)[n+]1C.[O-][Cl+3]([O-])([O-])[O-].[O-][Cl+3]([O-])([O-])[O-]. The number of hydrogen-bond donors (Lipinski definition) is 0. The summed E-state index contributed by atoms with van der Waals surface area (Å²) in [6.45, 7) is 0. The van der Waals surface area contributed by atoms with E-state index >= 15 is 0 Å². The molecular formula is C28H24Cl2N4O8S. The van der Waals surface area contributed by atoms with E-state index in [9.17, 15) is 0 Å². The summed E-state index contributed by atoms with van der Waals surface area (Å²) in [5.41, 5.74) is 7.24. The molecule has 0 N–H and O–H groups in total. The third-order valence-corrected chi connectivity index (χ3v) is 7.45. The molecule has 4 heterocycles. The van der Waals surface area contributed by atoms with E-state index in [1.807, 2.05) is 0 Å². The normalized spacial score (nSPS) is 11.6. The van der Waals surface area contributed by atoms with Gasteiger partial charge >= 0.3 is 10.3 Å². The average molecular weight is 647 g/mol. The first-order valence-electron chi connectivity index (χ1n) is 12.2. The number of benzene rings is 2. The minimum atomic E-state index is -4.94. The van der Waals surface area contributed by atoms with Gasteiger partial charge in [-0.3, -0.25) is 0 Å². The third-order valence-electron chi connectivity index (χ3n) is 6.14. The lowest BCUT2D eigenvalue weighted by molar-refractivity contribution is -2.00. The smallest absolute Gasteiger partial charge is 0.222 e. The van der Waals surface area contributed by atoms with E-state index in [1.54, 1.807) is 11.8 Å². The zero-order chi connectivity index (χ0) is 31.4. The number of rotatable bonds is 4. The number of halogens is 2. The van der Waals surface area contributed by atoms with E-state index in [0.717, 1.165) is 10.3 Å². The summed E-state index contributed by atoms with van der Waals surface area (Å²) in [5.74, 6) is 0. The van der Waals surface area contributed by atoms with Crippen molar-refractivity contribution < 1.29 is 66.9 Å². The quantitative estimate of drug-likeness (QED) is 0.170. The van der Waals surface area contributed by atoms with Gasteiger partial charge in [-0.2, -0.15) is 8.80 Å². The van der Waals surface area contributed by atoms with Gasteiger partial charge in [-0.25, -0.2) is 46.4 Å². The highest BCUT2D eigenvalue weighted by Gasteiger charge is 2.32. The van der Waals surface area contributed by atoms with Gasteiger partial charge in [-0.15, -0.1) is 20.5 Å². The van der Waals surface area contributed by atoms with Gasteiger partial charge in [0.25, 0.3) is 0 Å². The average Bonchev–Trinajstić information content (AvgIpc) is 3.38. The molecule has 43 heavy (non-hydrogen) atoms. The second-order valence-corrected chi connectivity index (χ2v) is 11.3. The first kappa shape index (κ1) is 32.3. The van der Waals surface area contributed by atoms with Crippen LogP contribution in [0.2, 0.25) is 0 Å². The zero-order valence-corrected chi connectivity index (χ0v) is 24.9. The molecule has 0 atom stereocenters. The number of imidazole rings is 2. The van der Waals surface area contributed by atoms with Crippen LogP contribution in [0.15, 0.2) is 120 Å². The van der Waals surface area contributed by atoms with Crippen LogP contribution in [0.25, 0.3) is 33.5 Å². The van der Waals surface area contributed by atoms with Crippen LogP contribution in [0.1, 0.15) is 0 Å². The molecular weight excluding hydrogens is 623 g/mol. The molecule has 0 radical (unpaired) electrons. The maximum atomic E-state index is 8.49. The minimum Gasteiger partial charge on any atom is -0.222 e. The maximum Gasteiger partial charge on any atom is 0.335 e. The lowest BCUT2D eigenvalue weighted by Crippen LogP contribution is -2.68. The van der Waals surface area contributed by atoms with Gasteiger partial charge in [-0.05, 0) is 24.3 Å². The predicted octanol–water partition coefficient (Wildman–Crippen LogP) is -4.19. The lowest BCUT2D eigenvalue weighted by atomic mass is 10.1. The van der Waals surface area contributed by atoms with Crippen molar-refractivity contribution in [3.05, 3.63) is 109 Å². The molecule has 0 saturated heterocycles. The fraction of sp³-hybridized carbons (Fsp3) is 0.0714. The van der Waals surface area contributed by atoms with Crippen molar-refractivity contribution in [3.63, 3.8) is 0 Å². The number of nitrogens with zero attached hydrogens (tertiary/aromatic N) is 4. The summed E-state index contributed by atoms with van der Waals surface area (Å²) >= 11 is 1.78. The van der Waals surface area contributed by atoms with Crippen molar-refractivity contribution in [1.29, 1.82) is 0 Å². The molecule has 0 saturated carbocycles. The van der Waals surface area contributed by atoms with Crippen molar-refractivity contribution in [3.8, 4) is 22.5 Å². The molecule has 0 spiro atoms. The highest BCUT2D eigenvalue weighted by Crippen LogP contribution is 2.33. The van der Waals surface area contributed by atoms with Gasteiger partial charge < -0.3 is 0 Å². The standard InChI is InChI=1S/C28H24N4S.2ClHO4/c1-29-25(21-13-5-3-6-14-21)23-17-9-11-19-31(23)27(29)33-28-30(2)26(22-15-7-4-8-16-22)24-18-10-12-20-32(24)28;2*2-1(3,4)5/h3-20H,1-2H3;2*(H,2,3,4,5)/q+2;;/p-2. The molecule has 0 aliphatic heterocycles. The first-order valence-corrected chi connectivity index (χ1v) is 15.5. The Morgan fingerprint density at radius 3 is 1.12 bits per heavy atom. The van der Waals surface area contributed by atoms with Crippen molar-refractivity contribution in [1.82, 2.24) is 8.80 Å². The molecule has 4 aromatic heterocycles. The number of aromatic nitrogens is 4. The van der Waals surface area contributed by atoms with Crippen molar-refractivity contribution >= 4 is 22.8 Å². The van der Waals surface area contributed by atoms with Crippen LogP contribution in [0.5, 0.6) is 0 Å². The molecule has 6 rings (SSSR count). The zero-order valence-electron chi connectivity index (χ0n) is 22.6. The molecule has 2 aromatic carbocycles. The third kappa shape index (κ3) is 8.29. The molecule has 0 aliphatic rings. The topological polar surface area (TPSA) is 201 Å². The Balaban J connectivity index is 0.000000369. The summed E-state index contributed by atoms with van der Waals surface area (Å²) in [6, 6.07) is 34.0. The Kier molecular flexibility index (Phi) is 10.1. The van der Waals surface area contributed by atoms with Crippen LogP contribution in [0.3, 0.4) is 0 Å². The summed E-state index contributed by atoms with van der Waals surface area (Å²) in [5, 5.41) is 2.31.